The number of rotatable bonds is 4. The number of pyridine rings is 1. The first-order chi connectivity index (χ1) is 9.79. The number of nitrogens with one attached hydrogen (secondary N) is 1. The van der Waals surface area contributed by atoms with Crippen LogP contribution in [0.2, 0.25) is 5.15 Å². The van der Waals surface area contributed by atoms with Crippen LogP contribution in [0.1, 0.15) is 17.3 Å². The second-order valence-corrected chi connectivity index (χ2v) is 7.08. The summed E-state index contributed by atoms with van der Waals surface area (Å²) in [4.78, 5) is 14.9. The molecule has 8 heteroatoms. The third-order valence-corrected chi connectivity index (χ3v) is 5.11. The number of Topliss-reactive ketones (excluding diaryl/α,β-unsaturated/α-hetero) is 1. The molecule has 0 spiro atoms. The van der Waals surface area contributed by atoms with Crippen LogP contribution in [0.4, 0.5) is 5.69 Å². The van der Waals surface area contributed by atoms with Gasteiger partial charge in [0.1, 0.15) is 10.0 Å². The molecule has 110 valence electrons. The van der Waals surface area contributed by atoms with Gasteiger partial charge >= 0.3 is 0 Å². The molecule has 0 saturated carbocycles. The van der Waals surface area contributed by atoms with Gasteiger partial charge in [0.2, 0.25) is 0 Å². The second-order valence-electron chi connectivity index (χ2n) is 4.18. The van der Waals surface area contributed by atoms with Crippen LogP contribution >= 0.6 is 27.5 Å². The van der Waals surface area contributed by atoms with E-state index in [-0.39, 0.29) is 15.8 Å². The summed E-state index contributed by atoms with van der Waals surface area (Å²) >= 11 is 8.86. The summed E-state index contributed by atoms with van der Waals surface area (Å²) in [6, 6.07) is 7.51. The fourth-order valence-corrected chi connectivity index (χ4v) is 3.17. The lowest BCUT2D eigenvalue weighted by atomic mass is 10.1. The van der Waals surface area contributed by atoms with Gasteiger partial charge in [0.25, 0.3) is 10.0 Å². The van der Waals surface area contributed by atoms with Gasteiger partial charge in [-0.25, -0.2) is 13.4 Å². The summed E-state index contributed by atoms with van der Waals surface area (Å²) in [6.07, 6.45) is 1.17. The van der Waals surface area contributed by atoms with E-state index in [0.717, 1.165) is 0 Å². The van der Waals surface area contributed by atoms with Gasteiger partial charge in [-0.2, -0.15) is 0 Å². The average Bonchev–Trinajstić information content (AvgIpc) is 2.42. The minimum atomic E-state index is -3.77. The molecule has 1 aromatic carbocycles. The number of nitrogens with zero attached hydrogens (tertiary/aromatic N) is 1. The first-order valence-corrected chi connectivity index (χ1v) is 8.40. The zero-order valence-corrected chi connectivity index (χ0v) is 14.0. The highest BCUT2D eigenvalue weighted by Crippen LogP contribution is 2.24. The standard InChI is InChI=1S/C13H10BrClN2O3S/c1-8(18)9-2-4-10(5-3-9)17-21(19,20)11-6-12(14)13(15)16-7-11/h2-7,17H,1H3. The number of ketones is 1. The van der Waals surface area contributed by atoms with Crippen molar-refractivity contribution in [3.63, 3.8) is 0 Å². The Morgan fingerprint density at radius 1 is 1.29 bits per heavy atom. The van der Waals surface area contributed by atoms with Crippen molar-refractivity contribution >= 4 is 49.0 Å². The highest BCUT2D eigenvalue weighted by atomic mass is 79.9. The summed E-state index contributed by atoms with van der Waals surface area (Å²) in [5, 5.41) is 0.180. The SMILES string of the molecule is CC(=O)c1ccc(NS(=O)(=O)c2cnc(Cl)c(Br)c2)cc1. The highest BCUT2D eigenvalue weighted by molar-refractivity contribution is 9.10. The van der Waals surface area contributed by atoms with Gasteiger partial charge in [-0.1, -0.05) is 11.6 Å². The zero-order chi connectivity index (χ0) is 15.6. The molecule has 1 heterocycles. The van der Waals surface area contributed by atoms with Gasteiger partial charge in [-0.15, -0.1) is 0 Å². The number of hydrogen-bond acceptors (Lipinski definition) is 4. The Labute approximate surface area is 135 Å². The van der Waals surface area contributed by atoms with E-state index in [2.05, 4.69) is 25.6 Å². The number of carbonyl (C=O) groups excluding carboxylic acids is 1. The number of halogens is 2. The number of sulfonamides is 1. The predicted molar refractivity (Wildman–Crippen MR) is 84.2 cm³/mol. The van der Waals surface area contributed by atoms with Crippen molar-refractivity contribution in [1.29, 1.82) is 0 Å². The zero-order valence-electron chi connectivity index (χ0n) is 10.8. The third kappa shape index (κ3) is 3.81. The topological polar surface area (TPSA) is 76.1 Å². The van der Waals surface area contributed by atoms with E-state index in [1.807, 2.05) is 0 Å². The van der Waals surface area contributed by atoms with Crippen LogP contribution in [0, 0.1) is 0 Å². The summed E-state index contributed by atoms with van der Waals surface area (Å²) in [5.41, 5.74) is 0.861. The largest absolute Gasteiger partial charge is 0.295 e. The fraction of sp³-hybridized carbons (Fsp3) is 0.0769. The van der Waals surface area contributed by atoms with Crippen LogP contribution in [0.15, 0.2) is 45.9 Å². The Bertz CT molecular complexity index is 792. The molecule has 21 heavy (non-hydrogen) atoms. The molecular formula is C13H10BrClN2O3S. The molecule has 1 N–H and O–H groups in total. The lowest BCUT2D eigenvalue weighted by molar-refractivity contribution is 0.101. The van der Waals surface area contributed by atoms with Crippen LogP contribution in [0.25, 0.3) is 0 Å². The Hall–Kier alpha value is -1.44. The molecule has 0 fully saturated rings. The first-order valence-electron chi connectivity index (χ1n) is 5.74. The number of aromatic nitrogens is 1. The molecule has 0 aliphatic carbocycles. The van der Waals surface area contributed by atoms with Gasteiger partial charge in [-0.3, -0.25) is 9.52 Å². The number of carbonyl (C=O) groups is 1. The fourth-order valence-electron chi connectivity index (χ4n) is 1.54. The summed E-state index contributed by atoms with van der Waals surface area (Å²) in [5.74, 6) is -0.0877. The Kier molecular flexibility index (Phi) is 4.65. The van der Waals surface area contributed by atoms with E-state index in [9.17, 15) is 13.2 Å². The maximum Gasteiger partial charge on any atom is 0.263 e. The van der Waals surface area contributed by atoms with Crippen molar-refractivity contribution in [3.05, 3.63) is 51.7 Å². The third-order valence-electron chi connectivity index (χ3n) is 2.63. The van der Waals surface area contributed by atoms with Gasteiger partial charge in [-0.05, 0) is 53.2 Å². The van der Waals surface area contributed by atoms with Gasteiger partial charge < -0.3 is 0 Å². The second kappa shape index (κ2) is 6.13. The quantitative estimate of drug-likeness (QED) is 0.641. The maximum atomic E-state index is 12.2. The normalized spacial score (nSPS) is 11.2. The van der Waals surface area contributed by atoms with E-state index >= 15 is 0 Å². The molecule has 5 nitrogen and oxygen atoms in total. The number of hydrogen-bond donors (Lipinski definition) is 1. The smallest absolute Gasteiger partial charge is 0.263 e. The molecule has 0 radical (unpaired) electrons. The molecule has 0 unspecified atom stereocenters. The van der Waals surface area contributed by atoms with Crippen LogP contribution in [-0.4, -0.2) is 19.2 Å². The van der Waals surface area contributed by atoms with E-state index < -0.39 is 10.0 Å². The molecule has 2 aromatic rings. The highest BCUT2D eigenvalue weighted by Gasteiger charge is 2.16. The Morgan fingerprint density at radius 2 is 1.90 bits per heavy atom. The molecule has 0 saturated heterocycles. The van der Waals surface area contributed by atoms with E-state index in [0.29, 0.717) is 15.7 Å². The van der Waals surface area contributed by atoms with Crippen LogP contribution in [0.3, 0.4) is 0 Å². The number of anilines is 1. The van der Waals surface area contributed by atoms with Crippen molar-refractivity contribution in [2.45, 2.75) is 11.8 Å². The summed E-state index contributed by atoms with van der Waals surface area (Å²) < 4.78 is 27.2. The van der Waals surface area contributed by atoms with Crippen LogP contribution in [0.5, 0.6) is 0 Å². The van der Waals surface area contributed by atoms with Gasteiger partial charge in [0.05, 0.1) is 4.47 Å². The Morgan fingerprint density at radius 3 is 2.43 bits per heavy atom. The van der Waals surface area contributed by atoms with E-state index in [4.69, 9.17) is 11.6 Å². The van der Waals surface area contributed by atoms with Crippen molar-refractivity contribution in [3.8, 4) is 0 Å². The lowest BCUT2D eigenvalue weighted by Gasteiger charge is -2.08. The molecular weight excluding hydrogens is 380 g/mol. The average molecular weight is 390 g/mol. The lowest BCUT2D eigenvalue weighted by Crippen LogP contribution is -2.13. The Balaban J connectivity index is 2.28. The monoisotopic (exact) mass is 388 g/mol. The molecule has 2 rings (SSSR count). The van der Waals surface area contributed by atoms with Gasteiger partial charge in [0, 0.05) is 17.4 Å². The van der Waals surface area contributed by atoms with Crippen molar-refractivity contribution < 1.29 is 13.2 Å². The molecule has 0 amide bonds. The minimum Gasteiger partial charge on any atom is -0.295 e. The molecule has 0 aliphatic rings. The molecule has 0 bridgehead atoms. The van der Waals surface area contributed by atoms with Gasteiger partial charge in [0.15, 0.2) is 5.78 Å². The maximum absolute atomic E-state index is 12.2. The van der Waals surface area contributed by atoms with E-state index in [1.165, 1.54) is 31.3 Å². The first kappa shape index (κ1) is 15.9. The van der Waals surface area contributed by atoms with Crippen molar-refractivity contribution in [2.24, 2.45) is 0 Å². The van der Waals surface area contributed by atoms with Crippen LogP contribution < -0.4 is 4.72 Å². The molecule has 0 atom stereocenters. The van der Waals surface area contributed by atoms with E-state index in [1.54, 1.807) is 12.1 Å². The molecule has 0 aliphatic heterocycles. The summed E-state index contributed by atoms with van der Waals surface area (Å²) in [7, 11) is -3.77. The molecule has 1 aromatic heterocycles. The van der Waals surface area contributed by atoms with Crippen LogP contribution in [-0.2, 0) is 10.0 Å². The summed E-state index contributed by atoms with van der Waals surface area (Å²) in [6.45, 7) is 1.44. The minimum absolute atomic E-state index is 0.0191. The van der Waals surface area contributed by atoms with Crippen molar-refractivity contribution in [2.75, 3.05) is 4.72 Å². The van der Waals surface area contributed by atoms with Crippen molar-refractivity contribution in [1.82, 2.24) is 4.98 Å². The number of benzene rings is 1. The predicted octanol–water partition coefficient (Wildman–Crippen LogP) is 3.50.